The molecule has 3 aromatic rings. The number of nitrogens with zero attached hydrogens (tertiary/aromatic N) is 3. The molecule has 1 aliphatic rings. The van der Waals surface area contributed by atoms with E-state index in [9.17, 15) is 22.4 Å². The zero-order valence-corrected chi connectivity index (χ0v) is 14.8. The third-order valence-electron chi connectivity index (χ3n) is 4.36. The second-order valence-corrected chi connectivity index (χ2v) is 6.43. The summed E-state index contributed by atoms with van der Waals surface area (Å²) < 4.78 is 54.8. The number of amides is 1. The van der Waals surface area contributed by atoms with Gasteiger partial charge in [-0.1, -0.05) is 12.1 Å². The van der Waals surface area contributed by atoms with E-state index in [1.807, 2.05) is 0 Å². The van der Waals surface area contributed by atoms with Crippen LogP contribution < -0.4 is 9.64 Å². The van der Waals surface area contributed by atoms with Gasteiger partial charge in [0.1, 0.15) is 11.6 Å². The number of carbonyl (C=O) groups excluding carboxylic acids is 1. The first-order chi connectivity index (χ1) is 13.8. The minimum Gasteiger partial charge on any atom is -0.406 e. The van der Waals surface area contributed by atoms with Gasteiger partial charge in [-0.05, 0) is 35.4 Å². The van der Waals surface area contributed by atoms with Crippen molar-refractivity contribution in [1.29, 1.82) is 0 Å². The Morgan fingerprint density at radius 2 is 1.90 bits per heavy atom. The van der Waals surface area contributed by atoms with Crippen LogP contribution in [0.5, 0.6) is 5.75 Å². The standard InChI is InChI=1S/C20H13F4N3O2/c21-15-4-12(8-25-10-15)11-27-18-6-14(9-26-17(18)7-19(27)28)13-2-1-3-16(5-13)29-20(22,23)24/h1-6,8-10H,7,11H2. The van der Waals surface area contributed by atoms with Crippen LogP contribution in [0.25, 0.3) is 11.1 Å². The highest BCUT2D eigenvalue weighted by Crippen LogP contribution is 2.34. The van der Waals surface area contributed by atoms with Crippen LogP contribution in [-0.2, 0) is 17.8 Å². The van der Waals surface area contributed by atoms with E-state index in [0.29, 0.717) is 28.1 Å². The average molecular weight is 403 g/mol. The van der Waals surface area contributed by atoms with Gasteiger partial charge in [-0.15, -0.1) is 13.2 Å². The highest BCUT2D eigenvalue weighted by molar-refractivity contribution is 6.01. The number of rotatable bonds is 4. The van der Waals surface area contributed by atoms with Gasteiger partial charge in [0, 0.05) is 18.0 Å². The zero-order valence-electron chi connectivity index (χ0n) is 14.8. The Kier molecular flexibility index (Phi) is 4.65. The lowest BCUT2D eigenvalue weighted by Crippen LogP contribution is -2.26. The van der Waals surface area contributed by atoms with E-state index in [1.165, 1.54) is 41.6 Å². The Morgan fingerprint density at radius 3 is 2.66 bits per heavy atom. The fourth-order valence-corrected chi connectivity index (χ4v) is 3.15. The molecule has 0 radical (unpaired) electrons. The summed E-state index contributed by atoms with van der Waals surface area (Å²) in [6, 6.07) is 8.45. The molecule has 3 heterocycles. The molecule has 1 aliphatic heterocycles. The van der Waals surface area contributed by atoms with Gasteiger partial charge in [0.15, 0.2) is 0 Å². The molecule has 0 bridgehead atoms. The molecular formula is C20H13F4N3O2. The molecule has 0 saturated carbocycles. The molecule has 0 spiro atoms. The maximum absolute atomic E-state index is 13.4. The third kappa shape index (κ3) is 4.18. The minimum atomic E-state index is -4.79. The van der Waals surface area contributed by atoms with Crippen molar-refractivity contribution in [3.63, 3.8) is 0 Å². The van der Waals surface area contributed by atoms with E-state index >= 15 is 0 Å². The number of ether oxygens (including phenoxy) is 1. The summed E-state index contributed by atoms with van der Waals surface area (Å²) in [5.74, 6) is -1.07. The number of fused-ring (bicyclic) bond motifs is 1. The van der Waals surface area contributed by atoms with Gasteiger partial charge in [-0.2, -0.15) is 0 Å². The highest BCUT2D eigenvalue weighted by Gasteiger charge is 2.31. The van der Waals surface area contributed by atoms with Crippen LogP contribution in [0, 0.1) is 5.82 Å². The lowest BCUT2D eigenvalue weighted by atomic mass is 10.1. The summed E-state index contributed by atoms with van der Waals surface area (Å²) in [5.41, 5.74) is 2.56. The maximum atomic E-state index is 13.4. The topological polar surface area (TPSA) is 55.3 Å². The van der Waals surface area contributed by atoms with Crippen molar-refractivity contribution in [2.75, 3.05) is 4.90 Å². The van der Waals surface area contributed by atoms with E-state index in [-0.39, 0.29) is 24.6 Å². The summed E-state index contributed by atoms with van der Waals surface area (Å²) in [7, 11) is 0. The number of anilines is 1. The Balaban J connectivity index is 1.65. The minimum absolute atomic E-state index is 0.0928. The molecule has 0 atom stereocenters. The number of carbonyl (C=O) groups is 1. The average Bonchev–Trinajstić information content (AvgIpc) is 2.95. The molecule has 1 amide bonds. The van der Waals surface area contributed by atoms with Gasteiger partial charge in [0.25, 0.3) is 0 Å². The first-order valence-electron chi connectivity index (χ1n) is 8.53. The van der Waals surface area contributed by atoms with Gasteiger partial charge in [0.05, 0.1) is 30.5 Å². The molecule has 0 fully saturated rings. The van der Waals surface area contributed by atoms with Crippen molar-refractivity contribution in [2.24, 2.45) is 0 Å². The van der Waals surface area contributed by atoms with Crippen molar-refractivity contribution in [3.8, 4) is 16.9 Å². The molecule has 148 valence electrons. The van der Waals surface area contributed by atoms with Crippen molar-refractivity contribution < 1.29 is 27.1 Å². The van der Waals surface area contributed by atoms with Crippen molar-refractivity contribution >= 4 is 11.6 Å². The Hall–Kier alpha value is -3.49. The monoisotopic (exact) mass is 403 g/mol. The maximum Gasteiger partial charge on any atom is 0.573 e. The number of benzene rings is 1. The largest absolute Gasteiger partial charge is 0.573 e. The molecule has 0 N–H and O–H groups in total. The molecule has 2 aromatic heterocycles. The van der Waals surface area contributed by atoms with E-state index in [4.69, 9.17) is 0 Å². The first kappa shape index (κ1) is 18.9. The normalized spacial score (nSPS) is 13.5. The van der Waals surface area contributed by atoms with Crippen LogP contribution in [-0.4, -0.2) is 22.2 Å². The number of alkyl halides is 3. The Morgan fingerprint density at radius 1 is 1.07 bits per heavy atom. The van der Waals surface area contributed by atoms with Crippen LogP contribution in [0.15, 0.2) is 55.0 Å². The fraction of sp³-hybridized carbons (Fsp3) is 0.150. The second-order valence-electron chi connectivity index (χ2n) is 6.43. The lowest BCUT2D eigenvalue weighted by Gasteiger charge is -2.18. The smallest absolute Gasteiger partial charge is 0.406 e. The number of hydrogen-bond donors (Lipinski definition) is 0. The van der Waals surface area contributed by atoms with E-state index in [2.05, 4.69) is 14.7 Å². The zero-order chi connectivity index (χ0) is 20.6. The van der Waals surface area contributed by atoms with Crippen LogP contribution in [0.2, 0.25) is 0 Å². The number of hydrogen-bond acceptors (Lipinski definition) is 4. The molecule has 4 rings (SSSR count). The molecule has 9 heteroatoms. The van der Waals surface area contributed by atoms with Gasteiger partial charge < -0.3 is 9.64 Å². The van der Waals surface area contributed by atoms with E-state index in [0.717, 1.165) is 6.20 Å². The van der Waals surface area contributed by atoms with Crippen molar-refractivity contribution in [3.05, 3.63) is 72.1 Å². The summed E-state index contributed by atoms with van der Waals surface area (Å²) in [6.45, 7) is 0.110. The molecular weight excluding hydrogens is 390 g/mol. The van der Waals surface area contributed by atoms with Gasteiger partial charge >= 0.3 is 6.36 Å². The summed E-state index contributed by atoms with van der Waals surface area (Å²) >= 11 is 0. The van der Waals surface area contributed by atoms with Gasteiger partial charge in [0.2, 0.25) is 5.91 Å². The van der Waals surface area contributed by atoms with E-state index < -0.39 is 12.2 Å². The molecule has 29 heavy (non-hydrogen) atoms. The Bertz CT molecular complexity index is 1090. The number of pyridine rings is 2. The van der Waals surface area contributed by atoms with Crippen LogP contribution in [0.3, 0.4) is 0 Å². The predicted molar refractivity (Wildman–Crippen MR) is 95.4 cm³/mol. The van der Waals surface area contributed by atoms with Crippen molar-refractivity contribution in [2.45, 2.75) is 19.3 Å². The highest BCUT2D eigenvalue weighted by atomic mass is 19.4. The molecule has 0 saturated heterocycles. The second kappa shape index (κ2) is 7.16. The van der Waals surface area contributed by atoms with Gasteiger partial charge in [-0.3, -0.25) is 14.8 Å². The predicted octanol–water partition coefficient (Wildman–Crippen LogP) is 4.27. The molecule has 1 aromatic carbocycles. The summed E-state index contributed by atoms with van der Waals surface area (Å²) in [6.07, 6.45) is -0.679. The number of halogens is 4. The van der Waals surface area contributed by atoms with Crippen LogP contribution in [0.4, 0.5) is 23.2 Å². The Labute approximate surface area is 162 Å². The lowest BCUT2D eigenvalue weighted by molar-refractivity contribution is -0.274. The van der Waals surface area contributed by atoms with Crippen LogP contribution in [0.1, 0.15) is 11.3 Å². The summed E-state index contributed by atoms with van der Waals surface area (Å²) in [4.78, 5) is 21.9. The van der Waals surface area contributed by atoms with E-state index in [1.54, 1.807) is 12.1 Å². The van der Waals surface area contributed by atoms with Crippen LogP contribution >= 0.6 is 0 Å². The third-order valence-corrected chi connectivity index (χ3v) is 4.36. The number of aromatic nitrogens is 2. The molecule has 5 nitrogen and oxygen atoms in total. The SMILES string of the molecule is O=C1Cc2ncc(-c3cccc(OC(F)(F)F)c3)cc2N1Cc1cncc(F)c1. The fourth-order valence-electron chi connectivity index (χ4n) is 3.15. The van der Waals surface area contributed by atoms with Crippen molar-refractivity contribution in [1.82, 2.24) is 9.97 Å². The molecule has 0 unspecified atom stereocenters. The molecule has 0 aliphatic carbocycles. The first-order valence-corrected chi connectivity index (χ1v) is 8.53. The van der Waals surface area contributed by atoms with Gasteiger partial charge in [-0.25, -0.2) is 4.39 Å². The quantitative estimate of drug-likeness (QED) is 0.611. The summed E-state index contributed by atoms with van der Waals surface area (Å²) in [5, 5.41) is 0.